The molecule has 0 aliphatic rings. The van der Waals surface area contributed by atoms with E-state index in [1.807, 2.05) is 0 Å². The topological polar surface area (TPSA) is 38.0 Å². The van der Waals surface area contributed by atoms with Crippen molar-refractivity contribution < 1.29 is 0 Å². The van der Waals surface area contributed by atoms with E-state index in [-0.39, 0.29) is 5.54 Å². The Labute approximate surface area is 64.2 Å². The maximum atomic E-state index is 5.53. The number of unbranched alkanes of at least 4 members (excludes halogenated alkanes) is 1. The molecular weight excluding hydrogens is 124 g/mol. The zero-order chi connectivity index (χ0) is 8.04. The second kappa shape index (κ2) is 4.69. The first-order chi connectivity index (χ1) is 4.62. The molecule has 0 atom stereocenters. The SMILES string of the molecule is CCCCNC(C)(C)CN. The first-order valence-corrected chi connectivity index (χ1v) is 4.07. The lowest BCUT2D eigenvalue weighted by Gasteiger charge is -2.23. The zero-order valence-electron chi connectivity index (χ0n) is 7.41. The van der Waals surface area contributed by atoms with Gasteiger partial charge in [0.25, 0.3) is 0 Å². The van der Waals surface area contributed by atoms with Crippen LogP contribution in [0.2, 0.25) is 0 Å². The molecule has 0 amide bonds. The fraction of sp³-hybridized carbons (Fsp3) is 1.00. The molecular formula is C8H20N2. The molecule has 0 bridgehead atoms. The first kappa shape index (κ1) is 9.92. The second-order valence-corrected chi connectivity index (χ2v) is 3.37. The van der Waals surface area contributed by atoms with Crippen molar-refractivity contribution in [3.8, 4) is 0 Å². The van der Waals surface area contributed by atoms with E-state index in [1.54, 1.807) is 0 Å². The van der Waals surface area contributed by atoms with E-state index in [9.17, 15) is 0 Å². The summed E-state index contributed by atoms with van der Waals surface area (Å²) in [6.45, 7) is 8.24. The maximum absolute atomic E-state index is 5.53. The molecule has 0 unspecified atom stereocenters. The van der Waals surface area contributed by atoms with Gasteiger partial charge in [0.1, 0.15) is 0 Å². The van der Waals surface area contributed by atoms with Gasteiger partial charge in [0.2, 0.25) is 0 Å². The molecule has 62 valence electrons. The number of nitrogens with one attached hydrogen (secondary N) is 1. The summed E-state index contributed by atoms with van der Waals surface area (Å²) in [5.74, 6) is 0. The van der Waals surface area contributed by atoms with Crippen molar-refractivity contribution in [3.05, 3.63) is 0 Å². The van der Waals surface area contributed by atoms with Gasteiger partial charge in [0, 0.05) is 12.1 Å². The van der Waals surface area contributed by atoms with Crippen LogP contribution in [0, 0.1) is 0 Å². The molecule has 0 heterocycles. The minimum atomic E-state index is 0.120. The summed E-state index contributed by atoms with van der Waals surface area (Å²) in [5, 5.41) is 3.38. The lowest BCUT2D eigenvalue weighted by atomic mass is 10.1. The fourth-order valence-corrected chi connectivity index (χ4v) is 0.676. The molecule has 2 nitrogen and oxygen atoms in total. The number of rotatable bonds is 5. The van der Waals surface area contributed by atoms with E-state index < -0.39 is 0 Å². The van der Waals surface area contributed by atoms with Gasteiger partial charge in [-0.25, -0.2) is 0 Å². The molecule has 0 aromatic heterocycles. The molecule has 0 saturated heterocycles. The van der Waals surface area contributed by atoms with Crippen molar-refractivity contribution in [3.63, 3.8) is 0 Å². The van der Waals surface area contributed by atoms with Crippen molar-refractivity contribution in [1.82, 2.24) is 5.32 Å². The molecule has 0 aromatic carbocycles. The predicted octanol–water partition coefficient (Wildman–Crippen LogP) is 1.11. The molecule has 2 heteroatoms. The first-order valence-electron chi connectivity index (χ1n) is 4.07. The maximum Gasteiger partial charge on any atom is 0.0247 e. The summed E-state index contributed by atoms with van der Waals surface area (Å²) in [6.07, 6.45) is 2.48. The highest BCUT2D eigenvalue weighted by atomic mass is 15.0. The molecule has 0 aliphatic carbocycles. The summed E-state index contributed by atoms with van der Waals surface area (Å²) in [5.41, 5.74) is 5.65. The Balaban J connectivity index is 3.28. The highest BCUT2D eigenvalue weighted by Crippen LogP contribution is 1.98. The largest absolute Gasteiger partial charge is 0.329 e. The Morgan fingerprint density at radius 2 is 2.00 bits per heavy atom. The third-order valence-corrected chi connectivity index (χ3v) is 1.64. The van der Waals surface area contributed by atoms with Crippen LogP contribution in [0.15, 0.2) is 0 Å². The Morgan fingerprint density at radius 3 is 2.40 bits per heavy atom. The van der Waals surface area contributed by atoms with Crippen molar-refractivity contribution >= 4 is 0 Å². The van der Waals surface area contributed by atoms with Crippen LogP contribution in [-0.2, 0) is 0 Å². The van der Waals surface area contributed by atoms with Gasteiger partial charge in [-0.05, 0) is 26.8 Å². The van der Waals surface area contributed by atoms with Crippen molar-refractivity contribution in [2.45, 2.75) is 39.2 Å². The summed E-state index contributed by atoms with van der Waals surface area (Å²) >= 11 is 0. The van der Waals surface area contributed by atoms with Crippen LogP contribution < -0.4 is 11.1 Å². The van der Waals surface area contributed by atoms with E-state index in [4.69, 9.17) is 5.73 Å². The van der Waals surface area contributed by atoms with Gasteiger partial charge in [-0.1, -0.05) is 13.3 Å². The molecule has 10 heavy (non-hydrogen) atoms. The van der Waals surface area contributed by atoms with Crippen LogP contribution in [0.5, 0.6) is 0 Å². The second-order valence-electron chi connectivity index (χ2n) is 3.37. The van der Waals surface area contributed by atoms with Gasteiger partial charge in [-0.15, -0.1) is 0 Å². The lowest BCUT2D eigenvalue weighted by molar-refractivity contribution is 0.395. The van der Waals surface area contributed by atoms with E-state index in [2.05, 4.69) is 26.1 Å². The molecule has 0 spiro atoms. The van der Waals surface area contributed by atoms with E-state index in [1.165, 1.54) is 12.8 Å². The molecule has 0 radical (unpaired) electrons. The van der Waals surface area contributed by atoms with Gasteiger partial charge in [-0.3, -0.25) is 0 Å². The van der Waals surface area contributed by atoms with E-state index in [0.717, 1.165) is 6.54 Å². The molecule has 0 aliphatic heterocycles. The summed E-state index contributed by atoms with van der Waals surface area (Å²) in [4.78, 5) is 0. The third-order valence-electron chi connectivity index (χ3n) is 1.64. The molecule has 0 fully saturated rings. The standard InChI is InChI=1S/C8H20N2/c1-4-5-6-10-8(2,3)7-9/h10H,4-7,9H2,1-3H3. The van der Waals surface area contributed by atoms with Gasteiger partial charge in [0.05, 0.1) is 0 Å². The fourth-order valence-electron chi connectivity index (χ4n) is 0.676. The zero-order valence-corrected chi connectivity index (χ0v) is 7.41. The average molecular weight is 144 g/mol. The number of nitrogens with two attached hydrogens (primary N) is 1. The highest BCUT2D eigenvalue weighted by molar-refractivity contribution is 4.77. The minimum absolute atomic E-state index is 0.120. The average Bonchev–Trinajstić information content (AvgIpc) is 1.89. The van der Waals surface area contributed by atoms with Gasteiger partial charge >= 0.3 is 0 Å². The number of hydrogen-bond donors (Lipinski definition) is 2. The quantitative estimate of drug-likeness (QED) is 0.567. The molecule has 3 N–H and O–H groups in total. The van der Waals surface area contributed by atoms with Crippen LogP contribution in [0.1, 0.15) is 33.6 Å². The normalized spacial score (nSPS) is 12.0. The van der Waals surface area contributed by atoms with Crippen LogP contribution >= 0.6 is 0 Å². The van der Waals surface area contributed by atoms with Crippen molar-refractivity contribution in [1.29, 1.82) is 0 Å². The smallest absolute Gasteiger partial charge is 0.0247 e. The van der Waals surface area contributed by atoms with Crippen LogP contribution in [-0.4, -0.2) is 18.6 Å². The van der Waals surface area contributed by atoms with Gasteiger partial charge in [-0.2, -0.15) is 0 Å². The van der Waals surface area contributed by atoms with Crippen LogP contribution in [0.3, 0.4) is 0 Å². The van der Waals surface area contributed by atoms with Crippen LogP contribution in [0.4, 0.5) is 0 Å². The Bertz CT molecular complexity index is 79.3. The van der Waals surface area contributed by atoms with Gasteiger partial charge < -0.3 is 11.1 Å². The van der Waals surface area contributed by atoms with Crippen LogP contribution in [0.25, 0.3) is 0 Å². The third kappa shape index (κ3) is 4.77. The highest BCUT2D eigenvalue weighted by Gasteiger charge is 2.12. The lowest BCUT2D eigenvalue weighted by Crippen LogP contribution is -2.46. The molecule has 0 saturated carbocycles. The monoisotopic (exact) mass is 144 g/mol. The summed E-state index contributed by atoms with van der Waals surface area (Å²) < 4.78 is 0. The Morgan fingerprint density at radius 1 is 1.40 bits per heavy atom. The predicted molar refractivity (Wildman–Crippen MR) is 46.0 cm³/mol. The van der Waals surface area contributed by atoms with Gasteiger partial charge in [0.15, 0.2) is 0 Å². The Kier molecular flexibility index (Phi) is 4.65. The summed E-state index contributed by atoms with van der Waals surface area (Å²) in [6, 6.07) is 0. The summed E-state index contributed by atoms with van der Waals surface area (Å²) in [7, 11) is 0. The van der Waals surface area contributed by atoms with E-state index >= 15 is 0 Å². The number of hydrogen-bond acceptors (Lipinski definition) is 2. The molecule has 0 aromatic rings. The minimum Gasteiger partial charge on any atom is -0.329 e. The van der Waals surface area contributed by atoms with E-state index in [0.29, 0.717) is 6.54 Å². The molecule has 0 rings (SSSR count). The van der Waals surface area contributed by atoms with Crippen molar-refractivity contribution in [2.24, 2.45) is 5.73 Å². The Hall–Kier alpha value is -0.0800. The van der Waals surface area contributed by atoms with Crippen molar-refractivity contribution in [2.75, 3.05) is 13.1 Å².